The summed E-state index contributed by atoms with van der Waals surface area (Å²) in [6.45, 7) is 1.53. The molecular weight excluding hydrogens is 349 g/mol. The van der Waals surface area contributed by atoms with E-state index in [0.29, 0.717) is 15.7 Å². The van der Waals surface area contributed by atoms with Crippen LogP contribution in [0.2, 0.25) is 10.0 Å². The van der Waals surface area contributed by atoms with E-state index in [4.69, 9.17) is 27.9 Å². The first-order valence-electron chi connectivity index (χ1n) is 7.11. The number of carbonyl (C=O) groups excluding carboxylic acids is 2. The lowest BCUT2D eigenvalue weighted by Crippen LogP contribution is -2.20. The van der Waals surface area contributed by atoms with Crippen LogP contribution < -0.4 is 5.32 Å². The number of halogens is 2. The number of esters is 1. The molecule has 0 atom stereocenters. The zero-order valence-electron chi connectivity index (χ0n) is 12.9. The summed E-state index contributed by atoms with van der Waals surface area (Å²) in [6, 6.07) is 12.3. The average Bonchev–Trinajstić information content (AvgIpc) is 2.55. The maximum atomic E-state index is 11.8. The molecule has 0 aliphatic rings. The summed E-state index contributed by atoms with van der Waals surface area (Å²) in [7, 11) is 0. The molecule has 0 unspecified atom stereocenters. The lowest BCUT2D eigenvalue weighted by Gasteiger charge is -2.07. The van der Waals surface area contributed by atoms with Crippen LogP contribution >= 0.6 is 23.2 Å². The Morgan fingerprint density at radius 1 is 1.17 bits per heavy atom. The van der Waals surface area contributed by atoms with Crippen LogP contribution in [0.4, 0.5) is 5.69 Å². The highest BCUT2D eigenvalue weighted by Crippen LogP contribution is 2.25. The minimum absolute atomic E-state index is 0.307. The van der Waals surface area contributed by atoms with Gasteiger partial charge in [0.1, 0.15) is 0 Å². The van der Waals surface area contributed by atoms with E-state index >= 15 is 0 Å². The van der Waals surface area contributed by atoms with E-state index in [0.717, 1.165) is 11.1 Å². The van der Waals surface area contributed by atoms with Crippen LogP contribution in [-0.2, 0) is 14.3 Å². The Kier molecular flexibility index (Phi) is 6.41. The van der Waals surface area contributed by atoms with Crippen molar-refractivity contribution in [2.45, 2.75) is 6.92 Å². The summed E-state index contributed by atoms with van der Waals surface area (Å²) in [5, 5.41) is 3.32. The number of amides is 1. The van der Waals surface area contributed by atoms with E-state index in [9.17, 15) is 9.59 Å². The van der Waals surface area contributed by atoms with Crippen LogP contribution in [0.3, 0.4) is 0 Å². The van der Waals surface area contributed by atoms with E-state index in [-0.39, 0.29) is 0 Å². The zero-order chi connectivity index (χ0) is 17.5. The molecule has 0 heterocycles. The molecular formula is C18H15Cl2NO3. The number of ether oxygens (including phenoxy) is 1. The third kappa shape index (κ3) is 5.41. The van der Waals surface area contributed by atoms with Gasteiger partial charge in [-0.2, -0.15) is 0 Å². The van der Waals surface area contributed by atoms with Gasteiger partial charge in [-0.05, 0) is 42.3 Å². The molecule has 0 aliphatic carbocycles. The van der Waals surface area contributed by atoms with E-state index in [2.05, 4.69) is 5.32 Å². The maximum absolute atomic E-state index is 11.8. The van der Waals surface area contributed by atoms with Crippen molar-refractivity contribution in [2.75, 3.05) is 11.9 Å². The molecule has 124 valence electrons. The molecule has 0 bridgehead atoms. The van der Waals surface area contributed by atoms with Gasteiger partial charge >= 0.3 is 5.97 Å². The summed E-state index contributed by atoms with van der Waals surface area (Å²) >= 11 is 11.7. The largest absolute Gasteiger partial charge is 0.452 e. The molecule has 0 radical (unpaired) electrons. The first-order valence-corrected chi connectivity index (χ1v) is 7.86. The normalized spacial score (nSPS) is 10.6. The van der Waals surface area contributed by atoms with Crippen molar-refractivity contribution in [3.8, 4) is 0 Å². The van der Waals surface area contributed by atoms with E-state index in [1.54, 1.807) is 18.2 Å². The van der Waals surface area contributed by atoms with Gasteiger partial charge in [-0.3, -0.25) is 4.79 Å². The second kappa shape index (κ2) is 8.52. The molecule has 2 aromatic rings. The predicted octanol–water partition coefficient (Wildman–Crippen LogP) is 4.50. The molecule has 0 fully saturated rings. The SMILES string of the molecule is Cc1ccccc1/C=C/C(=O)OCC(=O)Nc1ccc(Cl)cc1Cl. The van der Waals surface area contributed by atoms with Crippen molar-refractivity contribution in [3.05, 3.63) is 69.7 Å². The van der Waals surface area contributed by atoms with Gasteiger partial charge in [-0.1, -0.05) is 47.5 Å². The van der Waals surface area contributed by atoms with Crippen molar-refractivity contribution >= 4 is 46.8 Å². The molecule has 0 saturated heterocycles. The van der Waals surface area contributed by atoms with Gasteiger partial charge in [0, 0.05) is 11.1 Å². The Labute approximate surface area is 150 Å². The highest BCUT2D eigenvalue weighted by atomic mass is 35.5. The molecule has 0 aromatic heterocycles. The van der Waals surface area contributed by atoms with E-state index in [1.165, 1.54) is 12.1 Å². The summed E-state index contributed by atoms with van der Waals surface area (Å²) in [4.78, 5) is 23.4. The molecule has 6 heteroatoms. The molecule has 4 nitrogen and oxygen atoms in total. The first kappa shape index (κ1) is 18.0. The molecule has 0 aliphatic heterocycles. The minimum Gasteiger partial charge on any atom is -0.452 e. The smallest absolute Gasteiger partial charge is 0.331 e. The first-order chi connectivity index (χ1) is 11.5. The van der Waals surface area contributed by atoms with Gasteiger partial charge in [0.15, 0.2) is 6.61 Å². The number of benzene rings is 2. The molecule has 0 saturated carbocycles. The van der Waals surface area contributed by atoms with Gasteiger partial charge in [-0.25, -0.2) is 4.79 Å². The Balaban J connectivity index is 1.85. The third-order valence-electron chi connectivity index (χ3n) is 3.14. The van der Waals surface area contributed by atoms with Crippen LogP contribution in [0, 0.1) is 6.92 Å². The summed E-state index contributed by atoms with van der Waals surface area (Å²) in [5.74, 6) is -1.09. The van der Waals surface area contributed by atoms with Gasteiger partial charge in [0.05, 0.1) is 10.7 Å². The quantitative estimate of drug-likeness (QED) is 0.628. The number of rotatable bonds is 5. The highest BCUT2D eigenvalue weighted by Gasteiger charge is 2.08. The zero-order valence-corrected chi connectivity index (χ0v) is 14.4. The van der Waals surface area contributed by atoms with Crippen LogP contribution in [0.25, 0.3) is 6.08 Å². The maximum Gasteiger partial charge on any atom is 0.331 e. The second-order valence-electron chi connectivity index (χ2n) is 4.97. The number of nitrogens with one attached hydrogen (secondary N) is 1. The van der Waals surface area contributed by atoms with Crippen molar-refractivity contribution in [3.63, 3.8) is 0 Å². The van der Waals surface area contributed by atoms with Crippen LogP contribution in [0.15, 0.2) is 48.5 Å². The van der Waals surface area contributed by atoms with Gasteiger partial charge in [-0.15, -0.1) is 0 Å². The van der Waals surface area contributed by atoms with Crippen LogP contribution in [0.5, 0.6) is 0 Å². The average molecular weight is 364 g/mol. The Morgan fingerprint density at radius 2 is 1.92 bits per heavy atom. The van der Waals surface area contributed by atoms with Crippen molar-refractivity contribution < 1.29 is 14.3 Å². The Bertz CT molecular complexity index is 788. The van der Waals surface area contributed by atoms with Gasteiger partial charge < -0.3 is 10.1 Å². The lowest BCUT2D eigenvalue weighted by atomic mass is 10.1. The van der Waals surface area contributed by atoms with Crippen LogP contribution in [-0.4, -0.2) is 18.5 Å². The summed E-state index contributed by atoms with van der Waals surface area (Å²) in [5.41, 5.74) is 2.35. The summed E-state index contributed by atoms with van der Waals surface area (Å²) in [6.07, 6.45) is 2.93. The predicted molar refractivity (Wildman–Crippen MR) is 96.3 cm³/mol. The van der Waals surface area contributed by atoms with E-state index < -0.39 is 18.5 Å². The Hall–Kier alpha value is -2.30. The molecule has 24 heavy (non-hydrogen) atoms. The molecule has 1 N–H and O–H groups in total. The van der Waals surface area contributed by atoms with Gasteiger partial charge in [0.2, 0.25) is 0 Å². The summed E-state index contributed by atoms with van der Waals surface area (Å²) < 4.78 is 4.89. The fraction of sp³-hybridized carbons (Fsp3) is 0.111. The van der Waals surface area contributed by atoms with Crippen molar-refractivity contribution in [1.29, 1.82) is 0 Å². The molecule has 1 amide bonds. The minimum atomic E-state index is -0.601. The Morgan fingerprint density at radius 3 is 2.62 bits per heavy atom. The molecule has 2 aromatic carbocycles. The standard InChI is InChI=1S/C18H15Cl2NO3/c1-12-4-2-3-5-13(12)6-9-18(23)24-11-17(22)21-16-8-7-14(19)10-15(16)20/h2-10H,11H2,1H3,(H,21,22)/b9-6+. The lowest BCUT2D eigenvalue weighted by molar-refractivity contribution is -0.142. The van der Waals surface area contributed by atoms with Crippen molar-refractivity contribution in [1.82, 2.24) is 0 Å². The van der Waals surface area contributed by atoms with Gasteiger partial charge in [0.25, 0.3) is 5.91 Å². The second-order valence-corrected chi connectivity index (χ2v) is 5.81. The fourth-order valence-electron chi connectivity index (χ4n) is 1.89. The molecule has 2 rings (SSSR count). The molecule has 0 spiro atoms. The van der Waals surface area contributed by atoms with E-state index in [1.807, 2.05) is 31.2 Å². The monoisotopic (exact) mass is 363 g/mol. The highest BCUT2D eigenvalue weighted by molar-refractivity contribution is 6.36. The fourth-order valence-corrected chi connectivity index (χ4v) is 2.35. The topological polar surface area (TPSA) is 55.4 Å². The van der Waals surface area contributed by atoms with Crippen LogP contribution in [0.1, 0.15) is 11.1 Å². The number of hydrogen-bond acceptors (Lipinski definition) is 3. The number of carbonyl (C=O) groups is 2. The van der Waals surface area contributed by atoms with Crippen molar-refractivity contribution in [2.24, 2.45) is 0 Å². The third-order valence-corrected chi connectivity index (χ3v) is 3.69. The number of hydrogen-bond donors (Lipinski definition) is 1. The number of aryl methyl sites for hydroxylation is 1. The number of anilines is 1.